The van der Waals surface area contributed by atoms with E-state index >= 15 is 0 Å². The Morgan fingerprint density at radius 1 is 1.44 bits per heavy atom. The van der Waals surface area contributed by atoms with E-state index in [1.807, 2.05) is 0 Å². The first-order valence-electron chi connectivity index (χ1n) is 6.03. The fourth-order valence-electron chi connectivity index (χ4n) is 2.30. The number of methoxy groups -OCH3 is 2. The average Bonchev–Trinajstić information content (AvgIpc) is 2.25. The van der Waals surface area contributed by atoms with Crippen LogP contribution in [0.1, 0.15) is 26.7 Å². The summed E-state index contributed by atoms with van der Waals surface area (Å²) in [5.41, 5.74) is 6.19. The van der Waals surface area contributed by atoms with Gasteiger partial charge < -0.3 is 20.5 Å². The predicted molar refractivity (Wildman–Crippen MR) is 65.5 cm³/mol. The van der Waals surface area contributed by atoms with Gasteiger partial charge >= 0.3 is 0 Å². The van der Waals surface area contributed by atoms with Crippen molar-refractivity contribution in [2.24, 2.45) is 11.1 Å². The minimum absolute atomic E-state index is 0.178. The van der Waals surface area contributed by atoms with Gasteiger partial charge in [0.1, 0.15) is 0 Å². The van der Waals surface area contributed by atoms with E-state index in [-0.39, 0.29) is 11.5 Å². The summed E-state index contributed by atoms with van der Waals surface area (Å²) < 4.78 is 10.4. The monoisotopic (exact) mass is 230 g/mol. The number of hydrogen-bond acceptors (Lipinski definition) is 4. The number of rotatable bonds is 7. The number of ether oxygens (including phenoxy) is 2. The zero-order valence-electron chi connectivity index (χ0n) is 11.0. The maximum atomic E-state index is 5.97. The second kappa shape index (κ2) is 5.96. The van der Waals surface area contributed by atoms with Gasteiger partial charge in [-0.2, -0.15) is 0 Å². The summed E-state index contributed by atoms with van der Waals surface area (Å²) in [6, 6.07) is 0.698. The lowest BCUT2D eigenvalue weighted by atomic mass is 9.64. The first-order valence-corrected chi connectivity index (χ1v) is 6.03. The molecular formula is C12H26N2O2. The molecule has 1 saturated carbocycles. The van der Waals surface area contributed by atoms with Crippen molar-refractivity contribution >= 4 is 0 Å². The fraction of sp³-hybridized carbons (Fsp3) is 1.00. The van der Waals surface area contributed by atoms with Gasteiger partial charge in [0.2, 0.25) is 0 Å². The third-order valence-electron chi connectivity index (χ3n) is 3.78. The topological polar surface area (TPSA) is 56.5 Å². The van der Waals surface area contributed by atoms with Crippen molar-refractivity contribution in [3.05, 3.63) is 0 Å². The molecule has 0 amide bonds. The van der Waals surface area contributed by atoms with Crippen LogP contribution in [0.5, 0.6) is 0 Å². The Hall–Kier alpha value is -0.160. The maximum absolute atomic E-state index is 5.97. The molecule has 1 aliphatic rings. The molecule has 3 atom stereocenters. The van der Waals surface area contributed by atoms with Crippen molar-refractivity contribution < 1.29 is 9.47 Å². The van der Waals surface area contributed by atoms with E-state index in [9.17, 15) is 0 Å². The van der Waals surface area contributed by atoms with E-state index < -0.39 is 0 Å². The number of nitrogens with one attached hydrogen (secondary N) is 1. The van der Waals surface area contributed by atoms with Crippen LogP contribution in [0.25, 0.3) is 0 Å². The van der Waals surface area contributed by atoms with Crippen LogP contribution in [0.4, 0.5) is 0 Å². The summed E-state index contributed by atoms with van der Waals surface area (Å²) in [5.74, 6) is 0. The first kappa shape index (κ1) is 13.9. The van der Waals surface area contributed by atoms with Crippen molar-refractivity contribution in [2.45, 2.75) is 44.9 Å². The Kier molecular flexibility index (Phi) is 5.18. The average molecular weight is 230 g/mol. The number of hydrogen-bond donors (Lipinski definition) is 2. The van der Waals surface area contributed by atoms with Gasteiger partial charge in [-0.25, -0.2) is 0 Å². The Labute approximate surface area is 98.9 Å². The highest BCUT2D eigenvalue weighted by atomic mass is 16.5. The summed E-state index contributed by atoms with van der Waals surface area (Å²) in [7, 11) is 3.49. The standard InChI is InChI=1S/C12H26N2O2/c1-12(2)10(7-11(12)16-4)14-8-9(13)5-6-15-3/h9-11,14H,5-8,13H2,1-4H3. The Balaban J connectivity index is 2.20. The van der Waals surface area contributed by atoms with Crippen LogP contribution >= 0.6 is 0 Å². The molecule has 96 valence electrons. The highest BCUT2D eigenvalue weighted by molar-refractivity contribution is 5.02. The number of nitrogens with two attached hydrogens (primary N) is 1. The molecule has 0 aromatic carbocycles. The van der Waals surface area contributed by atoms with E-state index in [0.717, 1.165) is 26.0 Å². The van der Waals surface area contributed by atoms with Gasteiger partial charge in [0.15, 0.2) is 0 Å². The van der Waals surface area contributed by atoms with E-state index in [0.29, 0.717) is 12.1 Å². The second-order valence-electron chi connectivity index (χ2n) is 5.28. The molecule has 1 fully saturated rings. The van der Waals surface area contributed by atoms with E-state index in [4.69, 9.17) is 15.2 Å². The van der Waals surface area contributed by atoms with E-state index in [1.165, 1.54) is 0 Å². The summed E-state index contributed by atoms with van der Waals surface area (Å²) in [5, 5.41) is 3.52. The molecule has 0 aromatic rings. The molecule has 0 saturated heterocycles. The third-order valence-corrected chi connectivity index (χ3v) is 3.78. The van der Waals surface area contributed by atoms with Crippen molar-refractivity contribution in [2.75, 3.05) is 27.4 Å². The lowest BCUT2D eigenvalue weighted by Crippen LogP contribution is -2.61. The van der Waals surface area contributed by atoms with Crippen LogP contribution in [0.15, 0.2) is 0 Å². The molecule has 1 rings (SSSR count). The lowest BCUT2D eigenvalue weighted by Gasteiger charge is -2.51. The van der Waals surface area contributed by atoms with Crippen molar-refractivity contribution in [3.63, 3.8) is 0 Å². The first-order chi connectivity index (χ1) is 7.52. The third kappa shape index (κ3) is 3.17. The Morgan fingerprint density at radius 3 is 2.62 bits per heavy atom. The minimum Gasteiger partial charge on any atom is -0.385 e. The summed E-state index contributed by atoms with van der Waals surface area (Å²) >= 11 is 0. The molecule has 0 radical (unpaired) electrons. The van der Waals surface area contributed by atoms with Gasteiger partial charge in [0.05, 0.1) is 6.10 Å². The van der Waals surface area contributed by atoms with Gasteiger partial charge in [-0.3, -0.25) is 0 Å². The van der Waals surface area contributed by atoms with E-state index in [1.54, 1.807) is 14.2 Å². The highest BCUT2D eigenvalue weighted by Crippen LogP contribution is 2.42. The van der Waals surface area contributed by atoms with Crippen LogP contribution in [0, 0.1) is 5.41 Å². The lowest BCUT2D eigenvalue weighted by molar-refractivity contribution is -0.0975. The molecule has 3 N–H and O–H groups in total. The normalized spacial score (nSPS) is 29.8. The van der Waals surface area contributed by atoms with Crippen LogP contribution in [0.3, 0.4) is 0 Å². The minimum atomic E-state index is 0.178. The van der Waals surface area contributed by atoms with Gasteiger partial charge in [-0.1, -0.05) is 13.8 Å². The maximum Gasteiger partial charge on any atom is 0.0652 e. The molecule has 0 spiro atoms. The molecule has 4 heteroatoms. The molecule has 1 aliphatic carbocycles. The van der Waals surface area contributed by atoms with Gasteiger partial charge in [0.25, 0.3) is 0 Å². The van der Waals surface area contributed by atoms with Crippen molar-refractivity contribution in [3.8, 4) is 0 Å². The molecule has 0 heterocycles. The summed E-state index contributed by atoms with van der Waals surface area (Å²) in [4.78, 5) is 0. The van der Waals surface area contributed by atoms with Crippen LogP contribution in [0.2, 0.25) is 0 Å². The van der Waals surface area contributed by atoms with E-state index in [2.05, 4.69) is 19.2 Å². The molecule has 16 heavy (non-hydrogen) atoms. The molecule has 0 aromatic heterocycles. The molecular weight excluding hydrogens is 204 g/mol. The van der Waals surface area contributed by atoms with Crippen molar-refractivity contribution in [1.82, 2.24) is 5.32 Å². The van der Waals surface area contributed by atoms with Crippen LogP contribution in [-0.2, 0) is 9.47 Å². The molecule has 0 aliphatic heterocycles. The van der Waals surface area contributed by atoms with Gasteiger partial charge in [-0.15, -0.1) is 0 Å². The van der Waals surface area contributed by atoms with Gasteiger partial charge in [-0.05, 0) is 12.8 Å². The Bertz CT molecular complexity index is 209. The molecule has 3 unspecified atom stereocenters. The Morgan fingerprint density at radius 2 is 2.12 bits per heavy atom. The summed E-state index contributed by atoms with van der Waals surface area (Å²) in [6.45, 7) is 6.07. The molecule has 4 nitrogen and oxygen atoms in total. The second-order valence-corrected chi connectivity index (χ2v) is 5.28. The van der Waals surface area contributed by atoms with Crippen molar-refractivity contribution in [1.29, 1.82) is 0 Å². The van der Waals surface area contributed by atoms with Gasteiger partial charge in [0, 0.05) is 44.9 Å². The largest absolute Gasteiger partial charge is 0.385 e. The molecule has 0 bridgehead atoms. The van der Waals surface area contributed by atoms with Crippen LogP contribution < -0.4 is 11.1 Å². The zero-order chi connectivity index (χ0) is 12.2. The summed E-state index contributed by atoms with van der Waals surface area (Å²) in [6.07, 6.45) is 2.37. The quantitative estimate of drug-likeness (QED) is 0.678. The highest BCUT2D eigenvalue weighted by Gasteiger charge is 2.48. The fourth-order valence-corrected chi connectivity index (χ4v) is 2.30. The SMILES string of the molecule is COCCC(N)CNC1CC(OC)C1(C)C. The zero-order valence-corrected chi connectivity index (χ0v) is 11.0. The smallest absolute Gasteiger partial charge is 0.0652 e. The predicted octanol–water partition coefficient (Wildman–Crippen LogP) is 0.753. The van der Waals surface area contributed by atoms with Crippen LogP contribution in [-0.4, -0.2) is 45.6 Å².